The summed E-state index contributed by atoms with van der Waals surface area (Å²) in [5.41, 5.74) is 1.22. The number of hydrogen-bond donors (Lipinski definition) is 1. The number of aromatic amines is 1. The number of carbonyl (C=O) groups excluding carboxylic acids is 1. The topological polar surface area (TPSA) is 58.2 Å². The van der Waals surface area contributed by atoms with Crippen LogP contribution in [0.4, 0.5) is 8.78 Å². The second kappa shape index (κ2) is 5.56. The number of likely N-dealkylation sites (tertiary alicyclic amines) is 1. The van der Waals surface area contributed by atoms with Gasteiger partial charge in [-0.2, -0.15) is 0 Å². The number of fused-ring (bicyclic) bond motifs is 1. The van der Waals surface area contributed by atoms with E-state index in [-0.39, 0.29) is 37.3 Å². The summed E-state index contributed by atoms with van der Waals surface area (Å²) in [5, 5.41) is 0. The van der Waals surface area contributed by atoms with E-state index in [1.54, 1.807) is 11.0 Å². The van der Waals surface area contributed by atoms with Crippen molar-refractivity contribution in [1.29, 1.82) is 0 Å². The highest BCUT2D eigenvalue weighted by molar-refractivity contribution is 5.81. The van der Waals surface area contributed by atoms with Gasteiger partial charge in [0.15, 0.2) is 0 Å². The molecule has 5 nitrogen and oxygen atoms in total. The first-order valence-corrected chi connectivity index (χ1v) is 7.79. The van der Waals surface area contributed by atoms with Gasteiger partial charge in [-0.05, 0) is 31.0 Å². The van der Waals surface area contributed by atoms with E-state index in [9.17, 15) is 13.6 Å². The third-order valence-electron chi connectivity index (χ3n) is 4.36. The van der Waals surface area contributed by atoms with Crippen LogP contribution in [0.15, 0.2) is 18.2 Å². The van der Waals surface area contributed by atoms with Gasteiger partial charge in [0.2, 0.25) is 5.91 Å². The van der Waals surface area contributed by atoms with Crippen molar-refractivity contribution in [3.63, 3.8) is 0 Å². The Hall–Kier alpha value is -2.02. The fraction of sp³-hybridized carbons (Fsp3) is 0.500. The average Bonchev–Trinajstić information content (AvgIpc) is 3.20. The molecule has 1 amide bonds. The Morgan fingerprint density at radius 1 is 1.39 bits per heavy atom. The lowest BCUT2D eigenvalue weighted by molar-refractivity contribution is -0.132. The zero-order chi connectivity index (χ0) is 16.0. The van der Waals surface area contributed by atoms with Gasteiger partial charge < -0.3 is 14.6 Å². The zero-order valence-corrected chi connectivity index (χ0v) is 12.5. The maximum Gasteiger partial charge on any atom is 0.225 e. The number of H-pyrrole nitrogens is 1. The van der Waals surface area contributed by atoms with Crippen LogP contribution in [0, 0.1) is 11.7 Å². The molecule has 1 saturated heterocycles. The van der Waals surface area contributed by atoms with Crippen molar-refractivity contribution in [2.75, 3.05) is 13.1 Å². The van der Waals surface area contributed by atoms with Gasteiger partial charge in [0, 0.05) is 12.5 Å². The first-order chi connectivity index (χ1) is 11.1. The van der Waals surface area contributed by atoms with Crippen LogP contribution >= 0.6 is 0 Å². The van der Waals surface area contributed by atoms with Gasteiger partial charge in [0.25, 0.3) is 0 Å². The number of hydrogen-bond acceptors (Lipinski definition) is 3. The second-order valence-electron chi connectivity index (χ2n) is 6.23. The quantitative estimate of drug-likeness (QED) is 0.939. The number of aromatic nitrogens is 2. The van der Waals surface area contributed by atoms with E-state index in [0.29, 0.717) is 16.9 Å². The van der Waals surface area contributed by atoms with Crippen LogP contribution in [-0.2, 0) is 16.1 Å². The second-order valence-corrected chi connectivity index (χ2v) is 6.23. The first kappa shape index (κ1) is 14.6. The molecule has 1 saturated carbocycles. The van der Waals surface area contributed by atoms with E-state index < -0.39 is 12.3 Å². The standard InChI is InChI=1S/C16H17F2N3O2/c17-10-3-4-12-13(5-10)20-15(19-12)8-23-14-7-21(6-11(14)18)16(22)9-1-2-9/h3-5,9,11,14H,1-2,6-8H2,(H,19,20)/t11-,14+/m1/s1. The van der Waals surface area contributed by atoms with Gasteiger partial charge in [-0.25, -0.2) is 13.8 Å². The Kier molecular flexibility index (Phi) is 3.52. The minimum absolute atomic E-state index is 0.0398. The molecular formula is C16H17F2N3O2. The molecule has 0 unspecified atom stereocenters. The third-order valence-corrected chi connectivity index (χ3v) is 4.36. The number of carbonyl (C=O) groups is 1. The lowest BCUT2D eigenvalue weighted by atomic mass is 10.3. The van der Waals surface area contributed by atoms with Crippen molar-refractivity contribution >= 4 is 16.9 Å². The normalized spacial score (nSPS) is 24.5. The van der Waals surface area contributed by atoms with E-state index in [4.69, 9.17) is 4.74 Å². The number of nitrogens with one attached hydrogen (secondary N) is 1. The molecule has 7 heteroatoms. The monoisotopic (exact) mass is 321 g/mol. The van der Waals surface area contributed by atoms with Gasteiger partial charge >= 0.3 is 0 Å². The largest absolute Gasteiger partial charge is 0.365 e. The number of amides is 1. The summed E-state index contributed by atoms with van der Waals surface area (Å²) in [6.45, 7) is 0.490. The van der Waals surface area contributed by atoms with Crippen LogP contribution in [-0.4, -0.2) is 46.1 Å². The molecule has 0 bridgehead atoms. The van der Waals surface area contributed by atoms with Crippen LogP contribution in [0.5, 0.6) is 0 Å². The first-order valence-electron chi connectivity index (χ1n) is 7.79. The fourth-order valence-corrected chi connectivity index (χ4v) is 2.95. The summed E-state index contributed by atoms with van der Waals surface area (Å²) in [6.07, 6.45) is 0.00271. The number of alkyl halides is 1. The minimum atomic E-state index is -1.18. The number of nitrogens with zero attached hydrogens (tertiary/aromatic N) is 2. The van der Waals surface area contributed by atoms with Gasteiger partial charge in [0.1, 0.15) is 30.5 Å². The van der Waals surface area contributed by atoms with Crippen molar-refractivity contribution in [2.45, 2.75) is 31.7 Å². The Balaban J connectivity index is 1.38. The Bertz CT molecular complexity index is 744. The van der Waals surface area contributed by atoms with Gasteiger partial charge in [-0.1, -0.05) is 0 Å². The molecule has 4 rings (SSSR count). The van der Waals surface area contributed by atoms with E-state index in [1.165, 1.54) is 12.1 Å². The summed E-state index contributed by atoms with van der Waals surface area (Å²) in [4.78, 5) is 20.8. The summed E-state index contributed by atoms with van der Waals surface area (Å²) < 4.78 is 32.8. The third kappa shape index (κ3) is 2.93. The number of ether oxygens (including phenoxy) is 1. The van der Waals surface area contributed by atoms with Gasteiger partial charge in [0.05, 0.1) is 17.6 Å². The van der Waals surface area contributed by atoms with Crippen LogP contribution in [0.2, 0.25) is 0 Å². The zero-order valence-electron chi connectivity index (χ0n) is 12.5. The van der Waals surface area contributed by atoms with Crippen LogP contribution in [0.1, 0.15) is 18.7 Å². The molecular weight excluding hydrogens is 304 g/mol. The number of halogens is 2. The van der Waals surface area contributed by atoms with E-state index in [2.05, 4.69) is 9.97 Å². The van der Waals surface area contributed by atoms with E-state index in [1.807, 2.05) is 0 Å². The Morgan fingerprint density at radius 3 is 3.00 bits per heavy atom. The molecule has 1 aliphatic heterocycles. The van der Waals surface area contributed by atoms with Crippen LogP contribution in [0.3, 0.4) is 0 Å². The lowest BCUT2D eigenvalue weighted by Crippen LogP contribution is -2.31. The fourth-order valence-electron chi connectivity index (χ4n) is 2.95. The highest BCUT2D eigenvalue weighted by atomic mass is 19.1. The summed E-state index contributed by atoms with van der Waals surface area (Å²) >= 11 is 0. The SMILES string of the molecule is O=C(C1CC1)N1C[C@@H](F)[C@@H](OCc2nc3ccc(F)cc3[nH]2)C1. The van der Waals surface area contributed by atoms with Gasteiger partial charge in [-0.15, -0.1) is 0 Å². The van der Waals surface area contributed by atoms with E-state index in [0.717, 1.165) is 12.8 Å². The van der Waals surface area contributed by atoms with Crippen molar-refractivity contribution in [3.05, 3.63) is 29.8 Å². The number of rotatable bonds is 4. The molecule has 0 radical (unpaired) electrons. The maximum atomic E-state index is 14.0. The van der Waals surface area contributed by atoms with Crippen molar-refractivity contribution < 1.29 is 18.3 Å². The predicted octanol–water partition coefficient (Wildman–Crippen LogP) is 2.18. The molecule has 0 spiro atoms. The average molecular weight is 321 g/mol. The molecule has 2 aromatic rings. The summed E-state index contributed by atoms with van der Waals surface area (Å²) in [7, 11) is 0. The van der Waals surface area contributed by atoms with Crippen LogP contribution < -0.4 is 0 Å². The van der Waals surface area contributed by atoms with Crippen LogP contribution in [0.25, 0.3) is 11.0 Å². The highest BCUT2D eigenvalue weighted by Crippen LogP contribution is 2.33. The molecule has 2 fully saturated rings. The molecule has 2 heterocycles. The van der Waals surface area contributed by atoms with E-state index >= 15 is 0 Å². The molecule has 122 valence electrons. The summed E-state index contributed by atoms with van der Waals surface area (Å²) in [5.74, 6) is 0.302. The molecule has 1 aliphatic carbocycles. The maximum absolute atomic E-state index is 14.0. The molecule has 1 aromatic heterocycles. The Morgan fingerprint density at radius 2 is 2.22 bits per heavy atom. The van der Waals surface area contributed by atoms with Crippen molar-refractivity contribution in [1.82, 2.24) is 14.9 Å². The molecule has 2 atom stereocenters. The summed E-state index contributed by atoms with van der Waals surface area (Å²) in [6, 6.07) is 4.27. The van der Waals surface area contributed by atoms with Crippen molar-refractivity contribution in [2.24, 2.45) is 5.92 Å². The Labute approximate surface area is 131 Å². The molecule has 2 aliphatic rings. The molecule has 1 aromatic carbocycles. The van der Waals surface area contributed by atoms with Gasteiger partial charge in [-0.3, -0.25) is 4.79 Å². The lowest BCUT2D eigenvalue weighted by Gasteiger charge is -2.15. The number of imidazole rings is 1. The minimum Gasteiger partial charge on any atom is -0.365 e. The highest BCUT2D eigenvalue weighted by Gasteiger charge is 2.41. The predicted molar refractivity (Wildman–Crippen MR) is 78.8 cm³/mol. The number of benzene rings is 1. The molecule has 1 N–H and O–H groups in total. The smallest absolute Gasteiger partial charge is 0.225 e. The molecule has 23 heavy (non-hydrogen) atoms. The van der Waals surface area contributed by atoms with Crippen molar-refractivity contribution in [3.8, 4) is 0 Å².